The molecule has 1 amide bonds. The Hall–Kier alpha value is -2.04. The molecule has 1 aliphatic carbocycles. The minimum atomic E-state index is -0.752. The van der Waals surface area contributed by atoms with Crippen LogP contribution in [-0.4, -0.2) is 17.5 Å². The van der Waals surface area contributed by atoms with Gasteiger partial charge >= 0.3 is 6.09 Å². The molecular weight excluding hydrogens is 266 g/mol. The lowest BCUT2D eigenvalue weighted by atomic mass is 9.75. The Balaban J connectivity index is 2.00. The average Bonchev–Trinajstić information content (AvgIpc) is 2.48. The predicted octanol–water partition coefficient (Wildman–Crippen LogP) is 3.05. The monoisotopic (exact) mass is 289 g/mol. The number of rotatable bonds is 4. The van der Waals surface area contributed by atoms with E-state index in [1.165, 1.54) is 0 Å². The van der Waals surface area contributed by atoms with Crippen LogP contribution in [0.4, 0.5) is 4.79 Å². The molecule has 0 aliphatic heterocycles. The number of nitrogens with one attached hydrogen (secondary N) is 2. The zero-order valence-electron chi connectivity index (χ0n) is 12.4. The van der Waals surface area contributed by atoms with Crippen LogP contribution in [0, 0.1) is 11.3 Å². The first-order chi connectivity index (χ1) is 10.1. The van der Waals surface area contributed by atoms with Crippen molar-refractivity contribution in [3.05, 3.63) is 30.3 Å². The fraction of sp³-hybridized carbons (Fsp3) is 0.500. The molecule has 4 N–H and O–H groups in total. The fourth-order valence-corrected chi connectivity index (χ4v) is 2.86. The highest BCUT2D eigenvalue weighted by Crippen LogP contribution is 2.33. The van der Waals surface area contributed by atoms with E-state index in [9.17, 15) is 4.79 Å². The maximum atomic E-state index is 12.1. The first-order valence-electron chi connectivity index (χ1n) is 7.45. The van der Waals surface area contributed by atoms with Crippen molar-refractivity contribution in [2.75, 3.05) is 0 Å². The maximum absolute atomic E-state index is 12.1. The van der Waals surface area contributed by atoms with Crippen LogP contribution >= 0.6 is 0 Å². The number of ether oxygens (including phenoxy) is 1. The molecule has 0 aromatic heterocycles. The molecule has 1 saturated carbocycles. The number of hydrogen-bond donors (Lipinski definition) is 3. The van der Waals surface area contributed by atoms with Crippen molar-refractivity contribution >= 4 is 11.9 Å². The Bertz CT molecular complexity index is 494. The molecule has 0 saturated heterocycles. The molecule has 2 rings (SSSR count). The maximum Gasteiger partial charge on any atom is 0.413 e. The Morgan fingerprint density at radius 3 is 2.52 bits per heavy atom. The van der Waals surface area contributed by atoms with Crippen LogP contribution in [0.2, 0.25) is 0 Å². The molecule has 0 atom stereocenters. The van der Waals surface area contributed by atoms with Crippen molar-refractivity contribution in [1.82, 2.24) is 5.32 Å². The SMILES string of the molecule is CCC1CCC(NC(=O)Oc2ccccc2)(C(=N)N)CC1. The van der Waals surface area contributed by atoms with Gasteiger partial charge in [-0.2, -0.15) is 0 Å². The van der Waals surface area contributed by atoms with E-state index in [1.807, 2.05) is 6.07 Å². The highest BCUT2D eigenvalue weighted by Gasteiger charge is 2.39. The molecule has 0 radical (unpaired) electrons. The summed E-state index contributed by atoms with van der Waals surface area (Å²) in [4.78, 5) is 12.1. The molecule has 1 fully saturated rings. The van der Waals surface area contributed by atoms with Crippen molar-refractivity contribution < 1.29 is 9.53 Å². The molecule has 0 spiro atoms. The van der Waals surface area contributed by atoms with Gasteiger partial charge in [-0.05, 0) is 43.7 Å². The van der Waals surface area contributed by atoms with Gasteiger partial charge in [0.2, 0.25) is 0 Å². The number of carbonyl (C=O) groups excluding carboxylic acids is 1. The molecular formula is C16H23N3O2. The molecule has 0 bridgehead atoms. The minimum absolute atomic E-state index is 0.0158. The van der Waals surface area contributed by atoms with Gasteiger partial charge in [-0.15, -0.1) is 0 Å². The van der Waals surface area contributed by atoms with Gasteiger partial charge in [0, 0.05) is 0 Å². The fourth-order valence-electron chi connectivity index (χ4n) is 2.86. The van der Waals surface area contributed by atoms with Gasteiger partial charge in [-0.3, -0.25) is 5.41 Å². The van der Waals surface area contributed by atoms with E-state index in [1.54, 1.807) is 24.3 Å². The Kier molecular flexibility index (Phi) is 4.83. The molecule has 5 heteroatoms. The van der Waals surface area contributed by atoms with E-state index < -0.39 is 11.6 Å². The van der Waals surface area contributed by atoms with Crippen LogP contribution in [-0.2, 0) is 0 Å². The molecule has 1 aromatic rings. The van der Waals surface area contributed by atoms with E-state index in [2.05, 4.69) is 12.2 Å². The van der Waals surface area contributed by atoms with Gasteiger partial charge in [-0.25, -0.2) is 4.79 Å². The van der Waals surface area contributed by atoms with Crippen molar-refractivity contribution in [2.45, 2.75) is 44.6 Å². The van der Waals surface area contributed by atoms with Gasteiger partial charge in [0.05, 0.1) is 0 Å². The lowest BCUT2D eigenvalue weighted by molar-refractivity contribution is 0.176. The summed E-state index contributed by atoms with van der Waals surface area (Å²) in [6.07, 6.45) is 3.92. The summed E-state index contributed by atoms with van der Waals surface area (Å²) < 4.78 is 5.24. The summed E-state index contributed by atoms with van der Waals surface area (Å²) in [6.45, 7) is 2.17. The zero-order chi connectivity index (χ0) is 15.3. The third-order valence-corrected chi connectivity index (χ3v) is 4.35. The lowest BCUT2D eigenvalue weighted by Gasteiger charge is -2.39. The highest BCUT2D eigenvalue weighted by atomic mass is 16.6. The summed E-state index contributed by atoms with van der Waals surface area (Å²) in [5.41, 5.74) is 4.99. The summed E-state index contributed by atoms with van der Waals surface area (Å²) in [7, 11) is 0. The number of hydrogen-bond acceptors (Lipinski definition) is 3. The normalized spacial score (nSPS) is 25.1. The number of benzene rings is 1. The van der Waals surface area contributed by atoms with E-state index >= 15 is 0 Å². The number of para-hydroxylation sites is 1. The standard InChI is InChI=1S/C16H23N3O2/c1-2-12-8-10-16(11-9-12,14(17)18)19-15(20)21-13-6-4-3-5-7-13/h3-7,12H,2,8-11H2,1H3,(H3,17,18)(H,19,20). The Morgan fingerprint density at radius 2 is 2.00 bits per heavy atom. The Morgan fingerprint density at radius 1 is 1.38 bits per heavy atom. The third kappa shape index (κ3) is 3.74. The number of nitrogens with two attached hydrogens (primary N) is 1. The molecule has 5 nitrogen and oxygen atoms in total. The van der Waals surface area contributed by atoms with Crippen LogP contribution in [0.1, 0.15) is 39.0 Å². The van der Waals surface area contributed by atoms with Crippen LogP contribution < -0.4 is 15.8 Å². The van der Waals surface area contributed by atoms with Gasteiger partial charge in [0.25, 0.3) is 0 Å². The second-order valence-electron chi connectivity index (χ2n) is 5.67. The summed E-state index contributed by atoms with van der Waals surface area (Å²) in [5.74, 6) is 1.16. The summed E-state index contributed by atoms with van der Waals surface area (Å²) in [5, 5.41) is 10.7. The van der Waals surface area contributed by atoms with Crippen LogP contribution in [0.15, 0.2) is 30.3 Å². The second kappa shape index (κ2) is 6.61. The molecule has 0 heterocycles. The van der Waals surface area contributed by atoms with Gasteiger partial charge in [0.15, 0.2) is 0 Å². The Labute approximate surface area is 125 Å². The van der Waals surface area contributed by atoms with Crippen LogP contribution in [0.3, 0.4) is 0 Å². The van der Waals surface area contributed by atoms with Gasteiger partial charge in [0.1, 0.15) is 17.1 Å². The number of amides is 1. The molecule has 1 aliphatic rings. The first kappa shape index (κ1) is 15.4. The van der Waals surface area contributed by atoms with Crippen molar-refractivity contribution in [1.29, 1.82) is 5.41 Å². The van der Waals surface area contributed by atoms with Gasteiger partial charge in [-0.1, -0.05) is 31.5 Å². The molecule has 114 valence electrons. The van der Waals surface area contributed by atoms with Crippen molar-refractivity contribution in [2.24, 2.45) is 11.7 Å². The predicted molar refractivity (Wildman–Crippen MR) is 82.5 cm³/mol. The van der Waals surface area contributed by atoms with Crippen molar-refractivity contribution in [3.63, 3.8) is 0 Å². The lowest BCUT2D eigenvalue weighted by Crippen LogP contribution is -2.59. The van der Waals surface area contributed by atoms with E-state index in [4.69, 9.17) is 15.9 Å². The van der Waals surface area contributed by atoms with Crippen LogP contribution in [0.25, 0.3) is 0 Å². The minimum Gasteiger partial charge on any atom is -0.410 e. The summed E-state index contributed by atoms with van der Waals surface area (Å²) in [6, 6.07) is 8.89. The van der Waals surface area contributed by atoms with Crippen LogP contribution in [0.5, 0.6) is 5.75 Å². The number of amidine groups is 1. The molecule has 1 aromatic carbocycles. The van der Waals surface area contributed by atoms with Crippen molar-refractivity contribution in [3.8, 4) is 5.75 Å². The first-order valence-corrected chi connectivity index (χ1v) is 7.45. The molecule has 0 unspecified atom stereocenters. The zero-order valence-corrected chi connectivity index (χ0v) is 12.4. The molecule has 21 heavy (non-hydrogen) atoms. The topological polar surface area (TPSA) is 88.2 Å². The smallest absolute Gasteiger partial charge is 0.410 e. The van der Waals surface area contributed by atoms with E-state index in [0.29, 0.717) is 24.5 Å². The third-order valence-electron chi connectivity index (χ3n) is 4.35. The van der Waals surface area contributed by atoms with E-state index in [0.717, 1.165) is 19.3 Å². The second-order valence-corrected chi connectivity index (χ2v) is 5.67. The van der Waals surface area contributed by atoms with E-state index in [-0.39, 0.29) is 5.84 Å². The average molecular weight is 289 g/mol. The largest absolute Gasteiger partial charge is 0.413 e. The van der Waals surface area contributed by atoms with Gasteiger partial charge < -0.3 is 15.8 Å². The summed E-state index contributed by atoms with van der Waals surface area (Å²) >= 11 is 0. The quantitative estimate of drug-likeness (QED) is 0.588. The number of carbonyl (C=O) groups is 1. The highest BCUT2D eigenvalue weighted by molar-refractivity contribution is 5.91.